The minimum atomic E-state index is 0.0996. The molecule has 10 heavy (non-hydrogen) atoms. The van der Waals surface area contributed by atoms with Crippen molar-refractivity contribution < 1.29 is 0 Å². The molecule has 0 aromatic carbocycles. The van der Waals surface area contributed by atoms with Gasteiger partial charge in [0.25, 0.3) is 0 Å². The molecule has 0 atom stereocenters. The third-order valence-corrected chi connectivity index (χ3v) is 3.10. The Kier molecular flexibility index (Phi) is 4.21. The summed E-state index contributed by atoms with van der Waals surface area (Å²) in [4.78, 5) is 0. The lowest BCUT2D eigenvalue weighted by atomic mass is 9.94. The summed E-state index contributed by atoms with van der Waals surface area (Å²) in [5.41, 5.74) is 0.545. The van der Waals surface area contributed by atoms with Gasteiger partial charge in [-0.3, -0.25) is 0 Å². The Morgan fingerprint density at radius 1 is 1.20 bits per heavy atom. The monoisotopic (exact) mass is 159 g/mol. The summed E-state index contributed by atoms with van der Waals surface area (Å²) < 4.78 is 2.38. The molecule has 0 aliphatic carbocycles. The predicted molar refractivity (Wildman–Crippen MR) is 51.1 cm³/mol. The van der Waals surface area contributed by atoms with Crippen LogP contribution < -0.4 is 0 Å². The van der Waals surface area contributed by atoms with Crippen LogP contribution >= 0.6 is 0 Å². The maximum atomic E-state index is 2.38. The zero-order valence-electron chi connectivity index (χ0n) is 8.07. The molecule has 0 saturated carbocycles. The normalized spacial score (nSPS) is 13.8. The molecule has 0 unspecified atom stereocenters. The fourth-order valence-corrected chi connectivity index (χ4v) is 2.78. The molecule has 0 radical (unpaired) electrons. The van der Waals surface area contributed by atoms with Gasteiger partial charge in [0.15, 0.2) is 0 Å². The van der Waals surface area contributed by atoms with Crippen LogP contribution in [0.15, 0.2) is 0 Å². The molecule has 0 rings (SSSR count). The number of hydrogen-bond acceptors (Lipinski definition) is 1. The van der Waals surface area contributed by atoms with Crippen LogP contribution in [-0.2, 0) is 0 Å². The fraction of sp³-hybridized carbons (Fsp3) is 1.00. The van der Waals surface area contributed by atoms with E-state index in [2.05, 4.69) is 39.4 Å². The molecule has 2 heteroatoms. The van der Waals surface area contributed by atoms with Crippen molar-refractivity contribution in [1.82, 2.24) is 4.57 Å². The Labute approximate surface area is 67.7 Å². The summed E-state index contributed by atoms with van der Waals surface area (Å²) in [5.74, 6) is 0. The summed E-state index contributed by atoms with van der Waals surface area (Å²) in [6.07, 6.45) is 1.39. The fourth-order valence-electron chi connectivity index (χ4n) is 0.926. The number of hydrogen-bond donors (Lipinski definition) is 0. The predicted octanol–water partition coefficient (Wildman–Crippen LogP) is 1.49. The van der Waals surface area contributed by atoms with Crippen molar-refractivity contribution >= 4 is 9.68 Å². The van der Waals surface area contributed by atoms with Gasteiger partial charge in [-0.25, -0.2) is 0 Å². The van der Waals surface area contributed by atoms with Crippen LogP contribution in [0.4, 0.5) is 0 Å². The Balaban J connectivity index is 3.21. The standard InChI is InChI=1S/C8H21NSi/c1-8(2,3)6-7-10-9(4)5/h6-7,10H2,1-5H3. The van der Waals surface area contributed by atoms with Gasteiger partial charge in [-0.15, -0.1) is 0 Å². The van der Waals surface area contributed by atoms with Crippen molar-refractivity contribution in [2.45, 2.75) is 33.2 Å². The Bertz CT molecular complexity index is 83.7. The van der Waals surface area contributed by atoms with Crippen molar-refractivity contribution in [3.63, 3.8) is 0 Å². The average Bonchev–Trinajstić information content (AvgIpc) is 1.59. The second kappa shape index (κ2) is 4.14. The van der Waals surface area contributed by atoms with Gasteiger partial charge >= 0.3 is 0 Å². The van der Waals surface area contributed by atoms with E-state index in [0.717, 1.165) is 0 Å². The van der Waals surface area contributed by atoms with Gasteiger partial charge in [0.2, 0.25) is 0 Å². The molecule has 62 valence electrons. The molecule has 0 aliphatic rings. The zero-order chi connectivity index (χ0) is 8.20. The molecule has 0 aromatic heterocycles. The summed E-state index contributed by atoms with van der Waals surface area (Å²) >= 11 is 0. The second-order valence-electron chi connectivity index (χ2n) is 4.47. The Morgan fingerprint density at radius 3 is 2.00 bits per heavy atom. The Hall–Kier alpha value is 0.177. The van der Waals surface area contributed by atoms with Crippen LogP contribution in [0.25, 0.3) is 0 Å². The molecular weight excluding hydrogens is 138 g/mol. The topological polar surface area (TPSA) is 3.24 Å². The van der Waals surface area contributed by atoms with E-state index in [-0.39, 0.29) is 9.68 Å². The largest absolute Gasteiger partial charge is 0.334 e. The Morgan fingerprint density at radius 2 is 1.70 bits per heavy atom. The van der Waals surface area contributed by atoms with Gasteiger partial charge < -0.3 is 4.57 Å². The van der Waals surface area contributed by atoms with Crippen LogP contribution in [0.5, 0.6) is 0 Å². The molecule has 1 nitrogen and oxygen atoms in total. The second-order valence-corrected chi connectivity index (χ2v) is 6.89. The molecule has 0 bridgehead atoms. The SMILES string of the molecule is CN(C)[SiH2]CCC(C)(C)C. The van der Waals surface area contributed by atoms with Crippen molar-refractivity contribution in [3.8, 4) is 0 Å². The highest BCUT2D eigenvalue weighted by Gasteiger charge is 2.08. The lowest BCUT2D eigenvalue weighted by Gasteiger charge is -2.18. The number of nitrogens with zero attached hydrogens (tertiary/aromatic N) is 1. The van der Waals surface area contributed by atoms with Crippen molar-refractivity contribution in [3.05, 3.63) is 0 Å². The maximum absolute atomic E-state index is 2.38. The first-order chi connectivity index (χ1) is 4.42. The summed E-state index contributed by atoms with van der Waals surface area (Å²) in [6.45, 7) is 6.95. The van der Waals surface area contributed by atoms with Crippen LogP contribution in [-0.4, -0.2) is 28.3 Å². The van der Waals surface area contributed by atoms with E-state index in [1.54, 1.807) is 0 Å². The third kappa shape index (κ3) is 8.18. The van der Waals surface area contributed by atoms with Gasteiger partial charge in [-0.1, -0.05) is 27.2 Å². The van der Waals surface area contributed by atoms with E-state index in [9.17, 15) is 0 Å². The first kappa shape index (κ1) is 10.2. The van der Waals surface area contributed by atoms with Gasteiger partial charge in [-0.2, -0.15) is 0 Å². The van der Waals surface area contributed by atoms with Crippen LogP contribution in [0.3, 0.4) is 0 Å². The molecule has 0 aromatic rings. The highest BCUT2D eigenvalue weighted by atomic mass is 28.2. The van der Waals surface area contributed by atoms with Gasteiger partial charge in [-0.05, 0) is 25.6 Å². The minimum absolute atomic E-state index is 0.0996. The van der Waals surface area contributed by atoms with Crippen molar-refractivity contribution in [1.29, 1.82) is 0 Å². The summed E-state index contributed by atoms with van der Waals surface area (Å²) in [6, 6.07) is 1.45. The van der Waals surface area contributed by atoms with Crippen molar-refractivity contribution in [2.24, 2.45) is 5.41 Å². The van der Waals surface area contributed by atoms with Gasteiger partial charge in [0.1, 0.15) is 0 Å². The highest BCUT2D eigenvalue weighted by molar-refractivity contribution is 6.31. The molecule has 0 heterocycles. The van der Waals surface area contributed by atoms with E-state index in [1.807, 2.05) is 0 Å². The van der Waals surface area contributed by atoms with E-state index < -0.39 is 0 Å². The van der Waals surface area contributed by atoms with Crippen molar-refractivity contribution in [2.75, 3.05) is 14.1 Å². The molecule has 0 fully saturated rings. The summed E-state index contributed by atoms with van der Waals surface area (Å²) in [7, 11) is 4.48. The number of rotatable bonds is 3. The van der Waals surface area contributed by atoms with Gasteiger partial charge in [0, 0.05) is 0 Å². The van der Waals surface area contributed by atoms with Crippen LogP contribution in [0, 0.1) is 5.41 Å². The smallest absolute Gasteiger partial charge is 0.0943 e. The molecular formula is C8H21NSi. The highest BCUT2D eigenvalue weighted by Crippen LogP contribution is 2.20. The lowest BCUT2D eigenvalue weighted by molar-refractivity contribution is 0.394. The first-order valence-corrected chi connectivity index (χ1v) is 5.70. The first-order valence-electron chi connectivity index (χ1n) is 4.06. The zero-order valence-corrected chi connectivity index (χ0v) is 9.48. The molecule has 0 aliphatic heterocycles. The van der Waals surface area contributed by atoms with E-state index in [4.69, 9.17) is 0 Å². The average molecular weight is 159 g/mol. The van der Waals surface area contributed by atoms with E-state index in [0.29, 0.717) is 5.41 Å². The van der Waals surface area contributed by atoms with E-state index in [1.165, 1.54) is 12.5 Å². The third-order valence-electron chi connectivity index (χ3n) is 1.53. The van der Waals surface area contributed by atoms with Gasteiger partial charge in [0.05, 0.1) is 9.68 Å². The van der Waals surface area contributed by atoms with E-state index >= 15 is 0 Å². The molecule has 0 amide bonds. The molecule has 0 saturated heterocycles. The quantitative estimate of drug-likeness (QED) is 0.564. The maximum Gasteiger partial charge on any atom is 0.0943 e. The molecule has 0 spiro atoms. The van der Waals surface area contributed by atoms with Crippen LogP contribution in [0.2, 0.25) is 6.04 Å². The molecule has 0 N–H and O–H groups in total. The minimum Gasteiger partial charge on any atom is -0.334 e. The summed E-state index contributed by atoms with van der Waals surface area (Å²) in [5, 5.41) is 0. The lowest BCUT2D eigenvalue weighted by Crippen LogP contribution is -2.18. The van der Waals surface area contributed by atoms with Crippen LogP contribution in [0.1, 0.15) is 27.2 Å².